The van der Waals surface area contributed by atoms with Crippen molar-refractivity contribution in [3.05, 3.63) is 64.7 Å². The molecular weight excluding hydrogens is 450 g/mol. The summed E-state index contributed by atoms with van der Waals surface area (Å²) in [4.78, 5) is 23.4. The minimum atomic E-state index is -3.44. The Kier molecular flexibility index (Phi) is 8.85. The lowest BCUT2D eigenvalue weighted by Crippen LogP contribution is -2.49. The first kappa shape index (κ1) is 25.9. The number of fused-ring (bicyclic) bond motifs is 1. The second-order valence-corrected chi connectivity index (χ2v) is 11.0. The Morgan fingerprint density at radius 2 is 1.65 bits per heavy atom. The van der Waals surface area contributed by atoms with Crippen molar-refractivity contribution in [3.8, 4) is 0 Å². The van der Waals surface area contributed by atoms with Crippen LogP contribution in [0.2, 0.25) is 0 Å². The van der Waals surface area contributed by atoms with Crippen LogP contribution in [0.1, 0.15) is 55.4 Å². The summed E-state index contributed by atoms with van der Waals surface area (Å²) in [6.07, 6.45) is 3.84. The highest BCUT2D eigenvalue weighted by molar-refractivity contribution is 7.89. The zero-order valence-electron chi connectivity index (χ0n) is 20.3. The van der Waals surface area contributed by atoms with E-state index in [4.69, 9.17) is 0 Å². The molecule has 2 aliphatic rings. The summed E-state index contributed by atoms with van der Waals surface area (Å²) in [6, 6.07) is 13.8. The van der Waals surface area contributed by atoms with Gasteiger partial charge in [-0.1, -0.05) is 44.2 Å². The van der Waals surface area contributed by atoms with E-state index in [1.54, 1.807) is 11.0 Å². The molecule has 4 rings (SSSR count). The molecule has 0 bridgehead atoms. The number of carbonyl (C=O) groups is 2. The molecule has 1 aliphatic heterocycles. The van der Waals surface area contributed by atoms with Crippen molar-refractivity contribution in [2.45, 2.75) is 57.4 Å². The van der Waals surface area contributed by atoms with Gasteiger partial charge in [-0.2, -0.15) is 4.31 Å². The number of carbonyl (C=O) groups excluding carboxylic acids is 2. The molecule has 1 saturated heterocycles. The van der Waals surface area contributed by atoms with Gasteiger partial charge in [-0.05, 0) is 59.6 Å². The Labute approximate surface area is 203 Å². The summed E-state index contributed by atoms with van der Waals surface area (Å²) in [5, 5.41) is 2.63. The number of amides is 2. The van der Waals surface area contributed by atoms with Gasteiger partial charge in [0.25, 0.3) is 0 Å². The van der Waals surface area contributed by atoms with Crippen LogP contribution in [0.5, 0.6) is 0 Å². The number of sulfonamides is 1. The smallest absolute Gasteiger partial charge is 0.243 e. The van der Waals surface area contributed by atoms with Crippen molar-refractivity contribution in [1.29, 1.82) is 0 Å². The van der Waals surface area contributed by atoms with Gasteiger partial charge < -0.3 is 10.2 Å². The fraction of sp³-hybridized carbons (Fsp3) is 0.462. The van der Waals surface area contributed by atoms with Crippen LogP contribution in [0.15, 0.2) is 47.4 Å². The van der Waals surface area contributed by atoms with Crippen molar-refractivity contribution in [1.82, 2.24) is 14.5 Å². The van der Waals surface area contributed by atoms with Gasteiger partial charge >= 0.3 is 0 Å². The Morgan fingerprint density at radius 1 is 1.00 bits per heavy atom. The van der Waals surface area contributed by atoms with Gasteiger partial charge in [0.05, 0.1) is 4.90 Å². The molecule has 0 aromatic heterocycles. The van der Waals surface area contributed by atoms with E-state index in [1.807, 2.05) is 24.3 Å². The Balaban J connectivity index is 0.000000215. The second kappa shape index (κ2) is 11.6. The molecule has 0 spiro atoms. The van der Waals surface area contributed by atoms with Gasteiger partial charge in [-0.15, -0.1) is 0 Å². The fourth-order valence-electron chi connectivity index (χ4n) is 4.28. The molecule has 8 heteroatoms. The number of nitrogens with zero attached hydrogens (tertiary/aromatic N) is 2. The summed E-state index contributed by atoms with van der Waals surface area (Å²) in [6.45, 7) is 8.15. The second-order valence-electron chi connectivity index (χ2n) is 9.09. The number of benzene rings is 2. The lowest BCUT2D eigenvalue weighted by Gasteiger charge is -2.33. The molecule has 1 N–H and O–H groups in total. The van der Waals surface area contributed by atoms with E-state index in [-0.39, 0.29) is 5.91 Å². The van der Waals surface area contributed by atoms with E-state index in [0.717, 1.165) is 31.2 Å². The molecular formula is C26H35N3O4S. The van der Waals surface area contributed by atoms with Crippen LogP contribution in [0.25, 0.3) is 0 Å². The number of aryl methyl sites for hydroxylation is 2. The minimum absolute atomic E-state index is 0.00424. The van der Waals surface area contributed by atoms with Gasteiger partial charge in [-0.3, -0.25) is 9.59 Å². The summed E-state index contributed by atoms with van der Waals surface area (Å²) in [7, 11) is -3.44. The first-order valence-electron chi connectivity index (χ1n) is 11.9. The Hall–Kier alpha value is -2.71. The van der Waals surface area contributed by atoms with Crippen LogP contribution in [0.3, 0.4) is 0 Å². The van der Waals surface area contributed by atoms with E-state index in [9.17, 15) is 18.0 Å². The molecule has 0 unspecified atom stereocenters. The van der Waals surface area contributed by atoms with E-state index >= 15 is 0 Å². The maximum Gasteiger partial charge on any atom is 0.243 e. The molecule has 34 heavy (non-hydrogen) atoms. The quantitative estimate of drug-likeness (QED) is 0.637. The molecule has 2 aromatic rings. The Morgan fingerprint density at radius 3 is 2.24 bits per heavy atom. The van der Waals surface area contributed by atoms with Crippen molar-refractivity contribution in [2.75, 3.05) is 26.2 Å². The molecule has 0 radical (unpaired) electrons. The summed E-state index contributed by atoms with van der Waals surface area (Å²) >= 11 is 0. The van der Waals surface area contributed by atoms with Gasteiger partial charge in [0.1, 0.15) is 0 Å². The normalized spacial score (nSPS) is 15.9. The number of hydrogen-bond donors (Lipinski definition) is 1. The summed E-state index contributed by atoms with van der Waals surface area (Å²) < 4.78 is 26.9. The highest BCUT2D eigenvalue weighted by atomic mass is 32.2. The van der Waals surface area contributed by atoms with Crippen LogP contribution >= 0.6 is 0 Å². The van der Waals surface area contributed by atoms with Crippen LogP contribution in [0.4, 0.5) is 0 Å². The zero-order chi connectivity index (χ0) is 24.7. The first-order valence-corrected chi connectivity index (χ1v) is 13.3. The SMILES string of the molecule is CC(=O)N1CCN(S(=O)(=O)c2ccc3c(c2)CCC3)CC1.CC(C)c1ccc(CNC=O)cc1. The van der Waals surface area contributed by atoms with Crippen LogP contribution in [-0.2, 0) is 39.0 Å². The number of rotatable bonds is 6. The van der Waals surface area contributed by atoms with E-state index in [1.165, 1.54) is 27.9 Å². The van der Waals surface area contributed by atoms with Crippen molar-refractivity contribution in [2.24, 2.45) is 0 Å². The van der Waals surface area contributed by atoms with Crippen molar-refractivity contribution >= 4 is 22.3 Å². The molecule has 1 heterocycles. The topological polar surface area (TPSA) is 86.8 Å². The number of hydrogen-bond acceptors (Lipinski definition) is 4. The van der Waals surface area contributed by atoms with Crippen LogP contribution in [0, 0.1) is 0 Å². The fourth-order valence-corrected chi connectivity index (χ4v) is 5.75. The maximum atomic E-state index is 12.7. The summed E-state index contributed by atoms with van der Waals surface area (Å²) in [5.41, 5.74) is 4.90. The predicted molar refractivity (Wildman–Crippen MR) is 133 cm³/mol. The van der Waals surface area contributed by atoms with E-state index in [2.05, 4.69) is 31.3 Å². The highest BCUT2D eigenvalue weighted by Crippen LogP contribution is 2.26. The minimum Gasteiger partial charge on any atom is -0.355 e. The molecule has 1 fully saturated rings. The molecule has 2 aromatic carbocycles. The van der Waals surface area contributed by atoms with Gasteiger partial charge in [0.2, 0.25) is 22.3 Å². The predicted octanol–water partition coefficient (Wildman–Crippen LogP) is 3.08. The standard InChI is InChI=1S/C15H20N2O3S.C11H15NO/c1-12(18)16-7-9-17(10-8-16)21(19,20)15-6-5-13-3-2-4-14(13)11-15;1-9(2)11-5-3-10(4-6-11)7-12-8-13/h5-6,11H,2-4,7-10H2,1H3;3-6,8-9H,7H2,1-2H3,(H,12,13). The number of piperazine rings is 1. The molecule has 184 valence electrons. The Bertz CT molecular complexity index is 1090. The maximum absolute atomic E-state index is 12.7. The van der Waals surface area contributed by atoms with Gasteiger partial charge in [0.15, 0.2) is 0 Å². The van der Waals surface area contributed by atoms with Crippen LogP contribution < -0.4 is 5.32 Å². The lowest BCUT2D eigenvalue weighted by molar-refractivity contribution is -0.130. The van der Waals surface area contributed by atoms with Crippen molar-refractivity contribution in [3.63, 3.8) is 0 Å². The van der Waals surface area contributed by atoms with Crippen LogP contribution in [-0.4, -0.2) is 56.1 Å². The van der Waals surface area contributed by atoms with Gasteiger partial charge in [-0.25, -0.2) is 8.42 Å². The third kappa shape index (κ3) is 6.45. The highest BCUT2D eigenvalue weighted by Gasteiger charge is 2.29. The molecule has 0 saturated carbocycles. The molecule has 7 nitrogen and oxygen atoms in total. The molecule has 1 aliphatic carbocycles. The average molecular weight is 486 g/mol. The lowest BCUT2D eigenvalue weighted by atomic mass is 10.0. The average Bonchev–Trinajstić information content (AvgIpc) is 3.31. The first-order chi connectivity index (χ1) is 16.2. The third-order valence-electron chi connectivity index (χ3n) is 6.43. The number of nitrogens with one attached hydrogen (secondary N) is 1. The molecule has 2 amide bonds. The van der Waals surface area contributed by atoms with E-state index in [0.29, 0.717) is 43.5 Å². The van der Waals surface area contributed by atoms with Crippen molar-refractivity contribution < 1.29 is 18.0 Å². The largest absolute Gasteiger partial charge is 0.355 e. The van der Waals surface area contributed by atoms with Gasteiger partial charge in [0, 0.05) is 39.6 Å². The summed E-state index contributed by atoms with van der Waals surface area (Å²) in [5.74, 6) is 0.567. The zero-order valence-corrected chi connectivity index (χ0v) is 21.1. The third-order valence-corrected chi connectivity index (χ3v) is 8.32. The monoisotopic (exact) mass is 485 g/mol. The molecule has 0 atom stereocenters. The van der Waals surface area contributed by atoms with E-state index < -0.39 is 10.0 Å².